The summed E-state index contributed by atoms with van der Waals surface area (Å²) in [6.07, 6.45) is 0. The summed E-state index contributed by atoms with van der Waals surface area (Å²) in [6.45, 7) is 9.37. The highest BCUT2D eigenvalue weighted by Crippen LogP contribution is 2.11. The second kappa shape index (κ2) is 7.84. The Bertz CT molecular complexity index is 361. The second-order valence-electron chi connectivity index (χ2n) is 6.07. The van der Waals surface area contributed by atoms with Crippen molar-refractivity contribution in [1.82, 2.24) is 15.5 Å². The lowest BCUT2D eigenvalue weighted by molar-refractivity contribution is -0.140. The van der Waals surface area contributed by atoms with Gasteiger partial charge >= 0.3 is 12.0 Å². The first kappa shape index (κ1) is 18.4. The smallest absolute Gasteiger partial charge is 0.321 e. The maximum Gasteiger partial charge on any atom is 0.321 e. The minimum atomic E-state index is -1.02. The Morgan fingerprint density at radius 2 is 1.70 bits per heavy atom. The number of carbonyl (C=O) groups excluding carboxylic acids is 2. The van der Waals surface area contributed by atoms with Crippen molar-refractivity contribution >= 4 is 17.9 Å². The monoisotopic (exact) mass is 287 g/mol. The van der Waals surface area contributed by atoms with Crippen molar-refractivity contribution in [3.63, 3.8) is 0 Å². The topological polar surface area (TPSA) is 98.7 Å². The maximum absolute atomic E-state index is 11.7. The van der Waals surface area contributed by atoms with Crippen LogP contribution in [0.15, 0.2) is 0 Å². The largest absolute Gasteiger partial charge is 0.480 e. The van der Waals surface area contributed by atoms with E-state index >= 15 is 0 Å². The lowest BCUT2D eigenvalue weighted by Crippen LogP contribution is -2.51. The lowest BCUT2D eigenvalue weighted by atomic mass is 10.1. The summed E-state index contributed by atoms with van der Waals surface area (Å²) in [5.41, 5.74) is -0.482. The number of carboxylic acid groups (broad SMARTS) is 1. The van der Waals surface area contributed by atoms with E-state index in [-0.39, 0.29) is 19.0 Å². The summed E-state index contributed by atoms with van der Waals surface area (Å²) in [5.74, 6) is -1.26. The van der Waals surface area contributed by atoms with Crippen LogP contribution in [0.2, 0.25) is 0 Å². The van der Waals surface area contributed by atoms with Gasteiger partial charge in [0.25, 0.3) is 0 Å². The van der Waals surface area contributed by atoms with Gasteiger partial charge in [0, 0.05) is 12.1 Å². The number of hydrogen-bond acceptors (Lipinski definition) is 4. The summed E-state index contributed by atoms with van der Waals surface area (Å²) >= 11 is 0. The number of imide groups is 1. The maximum atomic E-state index is 11.7. The lowest BCUT2D eigenvalue weighted by Gasteiger charge is -2.33. The van der Waals surface area contributed by atoms with Gasteiger partial charge in [-0.25, -0.2) is 4.79 Å². The number of rotatable bonds is 6. The van der Waals surface area contributed by atoms with Gasteiger partial charge in [-0.3, -0.25) is 19.8 Å². The van der Waals surface area contributed by atoms with Crippen LogP contribution in [0.3, 0.4) is 0 Å². The third-order valence-electron chi connectivity index (χ3n) is 2.53. The molecule has 20 heavy (non-hydrogen) atoms. The highest BCUT2D eigenvalue weighted by molar-refractivity contribution is 5.95. The Balaban J connectivity index is 4.39. The highest BCUT2D eigenvalue weighted by atomic mass is 16.4. The molecule has 7 heteroatoms. The number of carboxylic acids is 1. The molecule has 0 radical (unpaired) electrons. The van der Waals surface area contributed by atoms with Crippen LogP contribution in [0.25, 0.3) is 0 Å². The Hall–Kier alpha value is -1.63. The molecule has 0 rings (SSSR count). The Kier molecular flexibility index (Phi) is 7.20. The molecule has 0 aromatic heterocycles. The first-order chi connectivity index (χ1) is 9.02. The minimum Gasteiger partial charge on any atom is -0.480 e. The summed E-state index contributed by atoms with van der Waals surface area (Å²) in [4.78, 5) is 35.4. The molecule has 0 fully saturated rings. The van der Waals surface area contributed by atoms with Gasteiger partial charge < -0.3 is 10.4 Å². The van der Waals surface area contributed by atoms with E-state index in [4.69, 9.17) is 5.11 Å². The number of carbonyl (C=O) groups is 3. The molecule has 0 aromatic rings. The van der Waals surface area contributed by atoms with Gasteiger partial charge in [-0.1, -0.05) is 13.8 Å². The molecule has 0 aliphatic rings. The van der Waals surface area contributed by atoms with Gasteiger partial charge in [0.15, 0.2) is 0 Å². The zero-order valence-electron chi connectivity index (χ0n) is 12.8. The SMILES string of the molecule is CC(C)CNC(=O)NC(=O)CN(CC(=O)O)C(C)(C)C. The molecule has 0 bridgehead atoms. The zero-order chi connectivity index (χ0) is 15.9. The highest BCUT2D eigenvalue weighted by Gasteiger charge is 2.26. The Morgan fingerprint density at radius 1 is 1.15 bits per heavy atom. The molecule has 0 aromatic carbocycles. The normalized spacial score (nSPS) is 11.6. The van der Waals surface area contributed by atoms with Crippen molar-refractivity contribution < 1.29 is 19.5 Å². The van der Waals surface area contributed by atoms with E-state index in [0.717, 1.165) is 0 Å². The average Bonchev–Trinajstić information content (AvgIpc) is 2.23. The van der Waals surface area contributed by atoms with Crippen LogP contribution in [0.5, 0.6) is 0 Å². The third kappa shape index (κ3) is 8.47. The standard InChI is InChI=1S/C13H25N3O4/c1-9(2)6-14-12(20)15-10(17)7-16(8-11(18)19)13(3,4)5/h9H,6-8H2,1-5H3,(H,18,19)(H2,14,15,17,20). The molecule has 0 saturated carbocycles. The van der Waals surface area contributed by atoms with Crippen molar-refractivity contribution in [1.29, 1.82) is 0 Å². The van der Waals surface area contributed by atoms with E-state index in [2.05, 4.69) is 10.6 Å². The molecule has 0 atom stereocenters. The summed E-state index contributed by atoms with van der Waals surface area (Å²) < 4.78 is 0. The molecule has 0 unspecified atom stereocenters. The van der Waals surface area contributed by atoms with Crippen LogP contribution < -0.4 is 10.6 Å². The Morgan fingerprint density at radius 3 is 2.10 bits per heavy atom. The number of aliphatic carboxylic acids is 1. The van der Waals surface area contributed by atoms with Crippen LogP contribution in [0, 0.1) is 5.92 Å². The van der Waals surface area contributed by atoms with Crippen LogP contribution in [0.4, 0.5) is 4.79 Å². The Labute approximate surface area is 119 Å². The molecule has 7 nitrogen and oxygen atoms in total. The van der Waals surface area contributed by atoms with Gasteiger partial charge in [0.1, 0.15) is 0 Å². The predicted molar refractivity (Wildman–Crippen MR) is 75.3 cm³/mol. The number of nitrogens with one attached hydrogen (secondary N) is 2. The van der Waals surface area contributed by atoms with Gasteiger partial charge in [0.05, 0.1) is 13.1 Å². The molecular weight excluding hydrogens is 262 g/mol. The van der Waals surface area contributed by atoms with E-state index < -0.39 is 23.4 Å². The molecule has 116 valence electrons. The molecule has 3 amide bonds. The van der Waals surface area contributed by atoms with Gasteiger partial charge in [0.2, 0.25) is 5.91 Å². The van der Waals surface area contributed by atoms with Gasteiger partial charge in [-0.15, -0.1) is 0 Å². The van der Waals surface area contributed by atoms with Crippen LogP contribution >= 0.6 is 0 Å². The molecule has 0 heterocycles. The van der Waals surface area contributed by atoms with Crippen molar-refractivity contribution in [2.45, 2.75) is 40.2 Å². The first-order valence-corrected chi connectivity index (χ1v) is 6.57. The zero-order valence-corrected chi connectivity index (χ0v) is 12.8. The number of nitrogens with zero attached hydrogens (tertiary/aromatic N) is 1. The van der Waals surface area contributed by atoms with E-state index in [1.807, 2.05) is 34.6 Å². The second-order valence-corrected chi connectivity index (χ2v) is 6.07. The van der Waals surface area contributed by atoms with Crippen LogP contribution in [-0.4, -0.2) is 53.1 Å². The summed E-state index contributed by atoms with van der Waals surface area (Å²) in [5, 5.41) is 13.6. The minimum absolute atomic E-state index is 0.148. The molecule has 0 aliphatic heterocycles. The van der Waals surface area contributed by atoms with Crippen molar-refractivity contribution in [3.8, 4) is 0 Å². The third-order valence-corrected chi connectivity index (χ3v) is 2.53. The van der Waals surface area contributed by atoms with Gasteiger partial charge in [-0.2, -0.15) is 0 Å². The number of amides is 3. The summed E-state index contributed by atoms with van der Waals surface area (Å²) in [7, 11) is 0. The quantitative estimate of drug-likeness (QED) is 0.666. The molecule has 0 spiro atoms. The van der Waals surface area contributed by atoms with Crippen molar-refractivity contribution in [2.24, 2.45) is 5.92 Å². The van der Waals surface area contributed by atoms with Gasteiger partial charge in [-0.05, 0) is 26.7 Å². The van der Waals surface area contributed by atoms with Crippen LogP contribution in [-0.2, 0) is 9.59 Å². The van der Waals surface area contributed by atoms with Crippen molar-refractivity contribution in [2.75, 3.05) is 19.6 Å². The number of hydrogen-bond donors (Lipinski definition) is 3. The fourth-order valence-corrected chi connectivity index (χ4v) is 1.37. The first-order valence-electron chi connectivity index (χ1n) is 6.57. The summed E-state index contributed by atoms with van der Waals surface area (Å²) in [6, 6.07) is -0.562. The van der Waals surface area contributed by atoms with E-state index in [1.54, 1.807) is 0 Å². The fraction of sp³-hybridized carbons (Fsp3) is 0.769. The molecule has 0 saturated heterocycles. The number of urea groups is 1. The van der Waals surface area contributed by atoms with Crippen LogP contribution in [0.1, 0.15) is 34.6 Å². The van der Waals surface area contributed by atoms with E-state index in [0.29, 0.717) is 6.54 Å². The molecular formula is C13H25N3O4. The average molecular weight is 287 g/mol. The molecule has 0 aliphatic carbocycles. The fourth-order valence-electron chi connectivity index (χ4n) is 1.37. The van der Waals surface area contributed by atoms with E-state index in [9.17, 15) is 14.4 Å². The molecule has 3 N–H and O–H groups in total. The van der Waals surface area contributed by atoms with Crippen molar-refractivity contribution in [3.05, 3.63) is 0 Å². The van der Waals surface area contributed by atoms with E-state index in [1.165, 1.54) is 4.90 Å². The predicted octanol–water partition coefficient (Wildman–Crippen LogP) is 0.653.